The Hall–Kier alpha value is -2.37. The van der Waals surface area contributed by atoms with Gasteiger partial charge in [-0.2, -0.15) is 0 Å². The molecule has 2 heterocycles. The summed E-state index contributed by atoms with van der Waals surface area (Å²) >= 11 is 0. The molecule has 1 aromatic heterocycles. The number of nitrogens with zero attached hydrogens (tertiary/aromatic N) is 2. The molecule has 1 aliphatic rings. The predicted octanol–water partition coefficient (Wildman–Crippen LogP) is 3.70. The number of piperidine rings is 1. The Morgan fingerprint density at radius 1 is 1.32 bits per heavy atom. The van der Waals surface area contributed by atoms with Gasteiger partial charge in [-0.15, -0.1) is 6.58 Å². The quantitative estimate of drug-likeness (QED) is 0.706. The third-order valence-electron chi connectivity index (χ3n) is 5.35. The molecule has 1 saturated heterocycles. The number of pyridine rings is 1. The number of methoxy groups -OCH3 is 1. The Kier molecular flexibility index (Phi) is 6.70. The van der Waals surface area contributed by atoms with E-state index in [1.807, 2.05) is 25.1 Å². The first-order chi connectivity index (χ1) is 13.6. The summed E-state index contributed by atoms with van der Waals surface area (Å²) < 4.78 is 11.4. The van der Waals surface area contributed by atoms with E-state index in [1.54, 1.807) is 19.5 Å². The number of aliphatic hydroxyl groups is 1. The minimum Gasteiger partial charge on any atom is -0.493 e. The minimum atomic E-state index is -0.783. The number of aromatic nitrogens is 1. The van der Waals surface area contributed by atoms with E-state index in [0.717, 1.165) is 48.7 Å². The van der Waals surface area contributed by atoms with Gasteiger partial charge in [-0.05, 0) is 43.9 Å². The molecule has 1 aromatic carbocycles. The average Bonchev–Trinajstić information content (AvgIpc) is 2.71. The van der Waals surface area contributed by atoms with Crippen molar-refractivity contribution in [2.75, 3.05) is 26.8 Å². The van der Waals surface area contributed by atoms with Crippen molar-refractivity contribution in [3.05, 3.63) is 66.0 Å². The molecular weight excluding hydrogens is 352 g/mol. The number of ether oxygens (including phenoxy) is 2. The maximum Gasteiger partial charge on any atom is 0.164 e. The van der Waals surface area contributed by atoms with Gasteiger partial charge in [-0.1, -0.05) is 18.2 Å². The second kappa shape index (κ2) is 9.22. The summed E-state index contributed by atoms with van der Waals surface area (Å²) in [5.41, 5.74) is 2.40. The third kappa shape index (κ3) is 4.54. The molecule has 3 rings (SSSR count). The standard InChI is InChI=1S/C23H30N2O3/c1-4-7-19-14-18(15-21(28-5-2)22(19)27-3)17-25-12-9-23(26,10-13-25)20-8-6-11-24-16-20/h4,6,8,11,14-16,26H,1,5,7,9-10,12-13,17H2,2-3H3. The van der Waals surface area contributed by atoms with E-state index in [-0.39, 0.29) is 0 Å². The third-order valence-corrected chi connectivity index (χ3v) is 5.35. The van der Waals surface area contributed by atoms with Crippen LogP contribution in [0.1, 0.15) is 36.5 Å². The molecule has 0 aliphatic carbocycles. The summed E-state index contributed by atoms with van der Waals surface area (Å²) in [6, 6.07) is 8.08. The van der Waals surface area contributed by atoms with E-state index < -0.39 is 5.60 Å². The summed E-state index contributed by atoms with van der Waals surface area (Å²) in [5.74, 6) is 1.57. The van der Waals surface area contributed by atoms with Crippen molar-refractivity contribution >= 4 is 0 Å². The summed E-state index contributed by atoms with van der Waals surface area (Å²) in [6.45, 7) is 8.91. The zero-order chi connectivity index (χ0) is 20.0. The van der Waals surface area contributed by atoms with Gasteiger partial charge in [0.15, 0.2) is 11.5 Å². The summed E-state index contributed by atoms with van der Waals surface area (Å²) in [5, 5.41) is 11.0. The molecule has 0 amide bonds. The van der Waals surface area contributed by atoms with Crippen molar-refractivity contribution in [2.45, 2.75) is 38.3 Å². The monoisotopic (exact) mass is 382 g/mol. The Balaban J connectivity index is 1.73. The number of hydrogen-bond acceptors (Lipinski definition) is 5. The van der Waals surface area contributed by atoms with E-state index in [0.29, 0.717) is 19.4 Å². The zero-order valence-electron chi connectivity index (χ0n) is 16.9. The van der Waals surface area contributed by atoms with E-state index in [2.05, 4.69) is 28.6 Å². The molecular formula is C23H30N2O3. The van der Waals surface area contributed by atoms with Gasteiger partial charge >= 0.3 is 0 Å². The molecule has 2 aromatic rings. The molecule has 0 unspecified atom stereocenters. The highest BCUT2D eigenvalue weighted by atomic mass is 16.5. The van der Waals surface area contributed by atoms with Crippen LogP contribution in [0.2, 0.25) is 0 Å². The smallest absolute Gasteiger partial charge is 0.164 e. The van der Waals surface area contributed by atoms with Crippen LogP contribution in [0.25, 0.3) is 0 Å². The fourth-order valence-electron chi connectivity index (χ4n) is 3.88. The van der Waals surface area contributed by atoms with Gasteiger partial charge in [0.1, 0.15) is 0 Å². The number of benzene rings is 1. The lowest BCUT2D eigenvalue weighted by atomic mass is 9.85. The SMILES string of the molecule is C=CCc1cc(CN2CCC(O)(c3cccnc3)CC2)cc(OCC)c1OC. The van der Waals surface area contributed by atoms with Gasteiger partial charge in [0, 0.05) is 43.2 Å². The lowest BCUT2D eigenvalue weighted by molar-refractivity contribution is -0.0280. The Morgan fingerprint density at radius 3 is 2.71 bits per heavy atom. The Bertz CT molecular complexity index is 784. The van der Waals surface area contributed by atoms with Crippen LogP contribution in [0, 0.1) is 0 Å². The van der Waals surface area contributed by atoms with E-state index in [1.165, 1.54) is 5.56 Å². The van der Waals surface area contributed by atoms with Crippen LogP contribution in [-0.2, 0) is 18.6 Å². The zero-order valence-corrected chi connectivity index (χ0v) is 16.9. The van der Waals surface area contributed by atoms with Gasteiger partial charge in [0.05, 0.1) is 19.3 Å². The van der Waals surface area contributed by atoms with Gasteiger partial charge in [-0.25, -0.2) is 0 Å². The number of likely N-dealkylation sites (tertiary alicyclic amines) is 1. The summed E-state index contributed by atoms with van der Waals surface area (Å²) in [4.78, 5) is 6.53. The minimum absolute atomic E-state index is 0.592. The summed E-state index contributed by atoms with van der Waals surface area (Å²) in [7, 11) is 1.67. The van der Waals surface area contributed by atoms with Crippen LogP contribution in [0.4, 0.5) is 0 Å². The maximum atomic E-state index is 11.0. The Labute approximate surface area is 167 Å². The number of allylic oxidation sites excluding steroid dienone is 1. The fourth-order valence-corrected chi connectivity index (χ4v) is 3.88. The largest absolute Gasteiger partial charge is 0.493 e. The first-order valence-electron chi connectivity index (χ1n) is 9.88. The molecule has 5 heteroatoms. The molecule has 1 fully saturated rings. The van der Waals surface area contributed by atoms with Crippen LogP contribution in [0.3, 0.4) is 0 Å². The Morgan fingerprint density at radius 2 is 2.11 bits per heavy atom. The van der Waals surface area contributed by atoms with Crippen LogP contribution in [-0.4, -0.2) is 41.8 Å². The highest BCUT2D eigenvalue weighted by Gasteiger charge is 2.34. The highest BCUT2D eigenvalue weighted by Crippen LogP contribution is 2.36. The summed E-state index contributed by atoms with van der Waals surface area (Å²) in [6.07, 6.45) is 7.53. The molecule has 0 saturated carbocycles. The molecule has 1 aliphatic heterocycles. The van der Waals surface area contributed by atoms with Crippen molar-refractivity contribution in [3.63, 3.8) is 0 Å². The van der Waals surface area contributed by atoms with E-state index in [9.17, 15) is 5.11 Å². The predicted molar refractivity (Wildman–Crippen MR) is 111 cm³/mol. The molecule has 0 atom stereocenters. The van der Waals surface area contributed by atoms with Crippen molar-refractivity contribution in [2.24, 2.45) is 0 Å². The topological polar surface area (TPSA) is 54.8 Å². The van der Waals surface area contributed by atoms with Gasteiger partial charge in [0.25, 0.3) is 0 Å². The van der Waals surface area contributed by atoms with Crippen molar-refractivity contribution in [1.29, 1.82) is 0 Å². The van der Waals surface area contributed by atoms with Crippen LogP contribution in [0.15, 0.2) is 49.3 Å². The van der Waals surface area contributed by atoms with Crippen molar-refractivity contribution in [3.8, 4) is 11.5 Å². The van der Waals surface area contributed by atoms with Crippen molar-refractivity contribution < 1.29 is 14.6 Å². The average molecular weight is 383 g/mol. The highest BCUT2D eigenvalue weighted by molar-refractivity contribution is 5.50. The van der Waals surface area contributed by atoms with E-state index >= 15 is 0 Å². The molecule has 28 heavy (non-hydrogen) atoms. The van der Waals surface area contributed by atoms with Crippen LogP contribution >= 0.6 is 0 Å². The normalized spacial score (nSPS) is 16.5. The number of rotatable bonds is 8. The maximum absolute atomic E-state index is 11.0. The molecule has 150 valence electrons. The first-order valence-corrected chi connectivity index (χ1v) is 9.88. The molecule has 1 N–H and O–H groups in total. The lowest BCUT2D eigenvalue weighted by Crippen LogP contribution is -2.42. The molecule has 0 spiro atoms. The van der Waals surface area contributed by atoms with Gasteiger partial charge < -0.3 is 14.6 Å². The number of hydrogen-bond donors (Lipinski definition) is 1. The first kappa shape index (κ1) is 20.4. The van der Waals surface area contributed by atoms with Crippen LogP contribution in [0.5, 0.6) is 11.5 Å². The molecule has 5 nitrogen and oxygen atoms in total. The van der Waals surface area contributed by atoms with Gasteiger partial charge in [-0.3, -0.25) is 9.88 Å². The molecule has 0 bridgehead atoms. The lowest BCUT2D eigenvalue weighted by Gasteiger charge is -2.38. The van der Waals surface area contributed by atoms with Gasteiger partial charge in [0.2, 0.25) is 0 Å². The second-order valence-electron chi connectivity index (χ2n) is 7.26. The van der Waals surface area contributed by atoms with Crippen LogP contribution < -0.4 is 9.47 Å². The molecule has 0 radical (unpaired) electrons. The second-order valence-corrected chi connectivity index (χ2v) is 7.26. The van der Waals surface area contributed by atoms with Crippen molar-refractivity contribution in [1.82, 2.24) is 9.88 Å². The van der Waals surface area contributed by atoms with E-state index in [4.69, 9.17) is 9.47 Å². The fraction of sp³-hybridized carbons (Fsp3) is 0.435.